The van der Waals surface area contributed by atoms with E-state index in [1.807, 2.05) is 61.7 Å². The lowest BCUT2D eigenvalue weighted by molar-refractivity contribution is -0.116. The number of carbonyl (C=O) groups excluding carboxylic acids is 2. The highest BCUT2D eigenvalue weighted by Crippen LogP contribution is 2.23. The number of Topliss-reactive ketones (excluding diaryl/α,β-unsaturated/α-hetero) is 1. The van der Waals surface area contributed by atoms with E-state index in [-0.39, 0.29) is 24.5 Å². The van der Waals surface area contributed by atoms with Crippen molar-refractivity contribution in [1.82, 2.24) is 4.98 Å². The average Bonchev–Trinajstić information content (AvgIpc) is 3.17. The third kappa shape index (κ3) is 4.43. The van der Waals surface area contributed by atoms with Crippen LogP contribution in [0, 0.1) is 13.8 Å². The number of nitrogens with zero attached hydrogens (tertiary/aromatic N) is 1. The number of aromatic nitrogens is 1. The molecule has 0 fully saturated rings. The molecule has 0 atom stereocenters. The van der Waals surface area contributed by atoms with E-state index in [0.717, 1.165) is 21.7 Å². The van der Waals surface area contributed by atoms with Gasteiger partial charge in [-0.2, -0.15) is 0 Å². The van der Waals surface area contributed by atoms with E-state index in [4.69, 9.17) is 0 Å². The van der Waals surface area contributed by atoms with E-state index in [0.29, 0.717) is 11.3 Å². The second-order valence-corrected chi connectivity index (χ2v) is 7.08. The lowest BCUT2D eigenvalue weighted by atomic mass is 10.0. The van der Waals surface area contributed by atoms with Crippen LogP contribution in [0.15, 0.2) is 54.0 Å². The number of thiazole rings is 1. The van der Waals surface area contributed by atoms with Gasteiger partial charge in [0.1, 0.15) is 5.01 Å². The number of ketones is 1. The number of nitrogens with one attached hydrogen (secondary N) is 1. The van der Waals surface area contributed by atoms with Gasteiger partial charge in [-0.25, -0.2) is 4.98 Å². The Morgan fingerprint density at radius 1 is 1.00 bits per heavy atom. The first-order valence-corrected chi connectivity index (χ1v) is 9.31. The van der Waals surface area contributed by atoms with Crippen LogP contribution in [0.3, 0.4) is 0 Å². The van der Waals surface area contributed by atoms with Gasteiger partial charge in [-0.3, -0.25) is 9.59 Å². The van der Waals surface area contributed by atoms with Crippen molar-refractivity contribution in [3.05, 3.63) is 70.7 Å². The minimum Gasteiger partial charge on any atom is -0.326 e. The normalized spacial score (nSPS) is 10.5. The van der Waals surface area contributed by atoms with E-state index in [2.05, 4.69) is 10.3 Å². The van der Waals surface area contributed by atoms with E-state index >= 15 is 0 Å². The molecule has 0 saturated heterocycles. The SMILES string of the molecule is Cc1ccc(C(=O)CCC(=O)Nc2ccc(-c3nccs3)cc2)cc1C. The number of amides is 1. The first kappa shape index (κ1) is 18.0. The zero-order valence-corrected chi connectivity index (χ0v) is 15.6. The number of benzene rings is 2. The van der Waals surface area contributed by atoms with Gasteiger partial charge >= 0.3 is 0 Å². The van der Waals surface area contributed by atoms with Crippen LogP contribution in [0.1, 0.15) is 34.3 Å². The van der Waals surface area contributed by atoms with Gasteiger partial charge in [0, 0.05) is 41.2 Å². The molecule has 4 nitrogen and oxygen atoms in total. The van der Waals surface area contributed by atoms with Gasteiger partial charge in [0.15, 0.2) is 5.78 Å². The smallest absolute Gasteiger partial charge is 0.224 e. The van der Waals surface area contributed by atoms with Crippen LogP contribution < -0.4 is 5.32 Å². The lowest BCUT2D eigenvalue weighted by Gasteiger charge is -2.07. The molecule has 1 N–H and O–H groups in total. The predicted octanol–water partition coefficient (Wildman–Crippen LogP) is 5.03. The van der Waals surface area contributed by atoms with Crippen LogP contribution in [-0.4, -0.2) is 16.7 Å². The Morgan fingerprint density at radius 2 is 1.77 bits per heavy atom. The number of anilines is 1. The summed E-state index contributed by atoms with van der Waals surface area (Å²) in [5.74, 6) is -0.174. The number of hydrogen-bond donors (Lipinski definition) is 1. The van der Waals surface area contributed by atoms with Gasteiger partial charge in [-0.1, -0.05) is 12.1 Å². The standard InChI is InChI=1S/C21H20N2O2S/c1-14-3-4-17(13-15(14)2)19(24)9-10-20(25)23-18-7-5-16(6-8-18)21-22-11-12-26-21/h3-8,11-13H,9-10H2,1-2H3,(H,23,25). The molecule has 2 aromatic carbocycles. The van der Waals surface area contributed by atoms with Crippen molar-refractivity contribution >= 4 is 28.7 Å². The second-order valence-electron chi connectivity index (χ2n) is 6.18. The molecule has 1 heterocycles. The summed E-state index contributed by atoms with van der Waals surface area (Å²) in [5, 5.41) is 5.71. The van der Waals surface area contributed by atoms with Crippen LogP contribution in [0.25, 0.3) is 10.6 Å². The van der Waals surface area contributed by atoms with Crippen molar-refractivity contribution in [2.45, 2.75) is 26.7 Å². The van der Waals surface area contributed by atoms with Gasteiger partial charge in [-0.05, 0) is 55.3 Å². The monoisotopic (exact) mass is 364 g/mol. The van der Waals surface area contributed by atoms with Gasteiger partial charge in [0.25, 0.3) is 0 Å². The highest BCUT2D eigenvalue weighted by molar-refractivity contribution is 7.13. The van der Waals surface area contributed by atoms with Gasteiger partial charge in [0.05, 0.1) is 0 Å². The molecule has 0 bridgehead atoms. The molecule has 1 aromatic heterocycles. The molecule has 0 unspecified atom stereocenters. The Balaban J connectivity index is 1.53. The topological polar surface area (TPSA) is 59.1 Å². The predicted molar refractivity (Wildman–Crippen MR) is 106 cm³/mol. The number of hydrogen-bond acceptors (Lipinski definition) is 4. The quantitative estimate of drug-likeness (QED) is 0.624. The Labute approximate surface area is 156 Å². The van der Waals surface area contributed by atoms with Gasteiger partial charge in [-0.15, -0.1) is 11.3 Å². The molecule has 3 aromatic rings. The molecule has 26 heavy (non-hydrogen) atoms. The lowest BCUT2D eigenvalue weighted by Crippen LogP contribution is -2.13. The van der Waals surface area contributed by atoms with Crippen LogP contribution >= 0.6 is 11.3 Å². The summed E-state index contributed by atoms with van der Waals surface area (Å²) < 4.78 is 0. The van der Waals surface area contributed by atoms with E-state index in [1.54, 1.807) is 17.5 Å². The van der Waals surface area contributed by atoms with Crippen molar-refractivity contribution in [2.75, 3.05) is 5.32 Å². The molecule has 0 aliphatic rings. The summed E-state index contributed by atoms with van der Waals surface area (Å²) in [5.41, 5.74) is 4.63. The zero-order valence-electron chi connectivity index (χ0n) is 14.8. The van der Waals surface area contributed by atoms with Gasteiger partial charge < -0.3 is 5.32 Å². The molecular weight excluding hydrogens is 344 g/mol. The summed E-state index contributed by atoms with van der Waals surface area (Å²) in [7, 11) is 0. The van der Waals surface area contributed by atoms with Crippen LogP contribution in [0.4, 0.5) is 5.69 Å². The molecule has 0 saturated carbocycles. The minimum atomic E-state index is -0.163. The van der Waals surface area contributed by atoms with Gasteiger partial charge in [0.2, 0.25) is 5.91 Å². The largest absolute Gasteiger partial charge is 0.326 e. The number of aryl methyl sites for hydroxylation is 2. The molecular formula is C21H20N2O2S. The van der Waals surface area contributed by atoms with E-state index < -0.39 is 0 Å². The molecule has 0 aliphatic heterocycles. The summed E-state index contributed by atoms with van der Waals surface area (Å²) in [6.45, 7) is 3.99. The first-order valence-electron chi connectivity index (χ1n) is 8.43. The Kier molecular flexibility index (Phi) is 5.58. The second kappa shape index (κ2) is 8.06. The highest BCUT2D eigenvalue weighted by Gasteiger charge is 2.10. The summed E-state index contributed by atoms with van der Waals surface area (Å²) in [4.78, 5) is 28.6. The molecule has 0 spiro atoms. The molecule has 132 valence electrons. The Hall–Kier alpha value is -2.79. The van der Waals surface area contributed by atoms with Crippen molar-refractivity contribution in [3.8, 4) is 10.6 Å². The van der Waals surface area contributed by atoms with Crippen molar-refractivity contribution in [3.63, 3.8) is 0 Å². The first-order chi connectivity index (χ1) is 12.5. The number of rotatable bonds is 6. The Morgan fingerprint density at radius 3 is 2.42 bits per heavy atom. The molecule has 0 radical (unpaired) electrons. The molecule has 0 aliphatic carbocycles. The van der Waals surface area contributed by atoms with Crippen molar-refractivity contribution < 1.29 is 9.59 Å². The highest BCUT2D eigenvalue weighted by atomic mass is 32.1. The fourth-order valence-corrected chi connectivity index (χ4v) is 3.22. The van der Waals surface area contributed by atoms with E-state index in [9.17, 15) is 9.59 Å². The number of carbonyl (C=O) groups is 2. The fraction of sp³-hybridized carbons (Fsp3) is 0.190. The molecule has 1 amide bonds. The minimum absolute atomic E-state index is 0.0117. The fourth-order valence-electron chi connectivity index (χ4n) is 2.57. The molecule has 3 rings (SSSR count). The average molecular weight is 364 g/mol. The summed E-state index contributed by atoms with van der Waals surface area (Å²) >= 11 is 1.57. The Bertz CT molecular complexity index is 916. The van der Waals surface area contributed by atoms with Crippen LogP contribution in [-0.2, 0) is 4.79 Å². The summed E-state index contributed by atoms with van der Waals surface area (Å²) in [6.07, 6.45) is 2.13. The van der Waals surface area contributed by atoms with E-state index in [1.165, 1.54) is 0 Å². The maximum atomic E-state index is 12.3. The third-order valence-corrected chi connectivity index (χ3v) is 5.08. The molecule has 5 heteroatoms. The van der Waals surface area contributed by atoms with Crippen LogP contribution in [0.5, 0.6) is 0 Å². The van der Waals surface area contributed by atoms with Crippen molar-refractivity contribution in [1.29, 1.82) is 0 Å². The van der Waals surface area contributed by atoms with Crippen molar-refractivity contribution in [2.24, 2.45) is 0 Å². The maximum Gasteiger partial charge on any atom is 0.224 e. The zero-order chi connectivity index (χ0) is 18.5. The maximum absolute atomic E-state index is 12.3. The van der Waals surface area contributed by atoms with Crippen LogP contribution in [0.2, 0.25) is 0 Å². The summed E-state index contributed by atoms with van der Waals surface area (Å²) in [6, 6.07) is 13.2. The third-order valence-electron chi connectivity index (χ3n) is 4.26.